The molecule has 1 atom stereocenters. The van der Waals surface area contributed by atoms with Gasteiger partial charge >= 0.3 is 6.18 Å². The van der Waals surface area contributed by atoms with E-state index >= 15 is 0 Å². The van der Waals surface area contributed by atoms with Gasteiger partial charge in [0.05, 0.1) is 16.9 Å². The first-order chi connectivity index (χ1) is 11.8. The van der Waals surface area contributed by atoms with E-state index in [0.29, 0.717) is 28.3 Å². The number of anilines is 1. The van der Waals surface area contributed by atoms with E-state index in [-0.39, 0.29) is 5.91 Å². The van der Waals surface area contributed by atoms with E-state index in [1.165, 1.54) is 16.7 Å². The summed E-state index contributed by atoms with van der Waals surface area (Å²) >= 11 is 0. The van der Waals surface area contributed by atoms with E-state index in [0.717, 1.165) is 12.3 Å². The molecule has 5 nitrogen and oxygen atoms in total. The van der Waals surface area contributed by atoms with Crippen molar-refractivity contribution in [1.82, 2.24) is 9.38 Å². The molecule has 1 unspecified atom stereocenters. The highest BCUT2D eigenvalue weighted by Crippen LogP contribution is 2.34. The number of carbonyl (C=O) groups is 1. The minimum atomic E-state index is -4.41. The number of carbonyl (C=O) groups excluding carboxylic acids is 1. The summed E-state index contributed by atoms with van der Waals surface area (Å²) in [6.45, 7) is 1.65. The van der Waals surface area contributed by atoms with Crippen LogP contribution in [0.3, 0.4) is 0 Å². The van der Waals surface area contributed by atoms with Gasteiger partial charge in [0.15, 0.2) is 6.10 Å². The fourth-order valence-electron chi connectivity index (χ4n) is 2.67. The Hall–Kier alpha value is -3.03. The third-order valence-corrected chi connectivity index (χ3v) is 3.98. The summed E-state index contributed by atoms with van der Waals surface area (Å²) < 4.78 is 45.3. The number of fused-ring (bicyclic) bond motifs is 2. The number of nitrogens with one attached hydrogen (secondary N) is 1. The largest absolute Gasteiger partial charge is 0.479 e. The SMILES string of the molecule is CC1Oc2ccc(-c3cn4cc(C(F)(F)F)ccc4n3)cc2NC1=O. The molecule has 1 aliphatic rings. The van der Waals surface area contributed by atoms with Crippen molar-refractivity contribution in [2.24, 2.45) is 0 Å². The lowest BCUT2D eigenvalue weighted by Gasteiger charge is -2.23. The summed E-state index contributed by atoms with van der Waals surface area (Å²) in [5.74, 6) is 0.286. The lowest BCUT2D eigenvalue weighted by atomic mass is 10.1. The van der Waals surface area contributed by atoms with Gasteiger partial charge in [0.25, 0.3) is 5.91 Å². The molecular weight excluding hydrogens is 335 g/mol. The van der Waals surface area contributed by atoms with Crippen LogP contribution in [0.4, 0.5) is 18.9 Å². The molecule has 2 aromatic heterocycles. The second kappa shape index (κ2) is 5.23. The van der Waals surface area contributed by atoms with Gasteiger partial charge in [-0.15, -0.1) is 0 Å². The van der Waals surface area contributed by atoms with Crippen LogP contribution >= 0.6 is 0 Å². The number of nitrogens with zero attached hydrogens (tertiary/aromatic N) is 2. The predicted octanol–water partition coefficient (Wildman–Crippen LogP) is 3.74. The van der Waals surface area contributed by atoms with E-state index in [9.17, 15) is 18.0 Å². The van der Waals surface area contributed by atoms with Crippen molar-refractivity contribution in [2.75, 3.05) is 5.32 Å². The van der Waals surface area contributed by atoms with Crippen molar-refractivity contribution in [3.63, 3.8) is 0 Å². The topological polar surface area (TPSA) is 55.6 Å². The number of rotatable bonds is 1. The number of hydrogen-bond acceptors (Lipinski definition) is 3. The molecule has 1 N–H and O–H groups in total. The molecule has 0 spiro atoms. The molecule has 8 heteroatoms. The zero-order valence-corrected chi connectivity index (χ0v) is 13.0. The van der Waals surface area contributed by atoms with Gasteiger partial charge < -0.3 is 14.5 Å². The average Bonchev–Trinajstić information content (AvgIpc) is 2.98. The molecule has 128 valence electrons. The van der Waals surface area contributed by atoms with Crippen LogP contribution in [-0.2, 0) is 11.0 Å². The summed E-state index contributed by atoms with van der Waals surface area (Å²) in [6, 6.07) is 7.44. The molecule has 4 rings (SSSR count). The van der Waals surface area contributed by atoms with E-state index in [1.807, 2.05) is 0 Å². The number of pyridine rings is 1. The maximum atomic E-state index is 12.8. The third-order valence-electron chi connectivity index (χ3n) is 3.98. The molecule has 0 bridgehead atoms. The highest BCUT2D eigenvalue weighted by atomic mass is 19.4. The number of aromatic nitrogens is 2. The molecule has 0 fully saturated rings. The fourth-order valence-corrected chi connectivity index (χ4v) is 2.67. The highest BCUT2D eigenvalue weighted by molar-refractivity contribution is 5.98. The molecule has 1 aromatic carbocycles. The van der Waals surface area contributed by atoms with Gasteiger partial charge in [0, 0.05) is 18.0 Å². The standard InChI is InChI=1S/C17H12F3N3O2/c1-9-16(24)22-12-6-10(2-4-14(12)25-9)13-8-23-7-11(17(18,19)20)3-5-15(23)21-13/h2-9H,1H3,(H,22,24). The molecule has 3 aromatic rings. The van der Waals surface area contributed by atoms with Gasteiger partial charge in [0.2, 0.25) is 0 Å². The Morgan fingerprint density at radius 2 is 2.00 bits per heavy atom. The van der Waals surface area contributed by atoms with Crippen LogP contribution in [0.1, 0.15) is 12.5 Å². The quantitative estimate of drug-likeness (QED) is 0.730. The van der Waals surface area contributed by atoms with Crippen LogP contribution in [-0.4, -0.2) is 21.4 Å². The lowest BCUT2D eigenvalue weighted by molar-refractivity contribution is -0.137. The summed E-state index contributed by atoms with van der Waals surface area (Å²) in [5.41, 5.74) is 1.32. The Morgan fingerprint density at radius 3 is 2.76 bits per heavy atom. The highest BCUT2D eigenvalue weighted by Gasteiger charge is 2.31. The second-order valence-corrected chi connectivity index (χ2v) is 5.77. The zero-order valence-electron chi connectivity index (χ0n) is 13.0. The maximum absolute atomic E-state index is 12.8. The van der Waals surface area contributed by atoms with E-state index in [1.54, 1.807) is 25.1 Å². The molecule has 1 aliphatic heterocycles. The Labute approximate surface area is 140 Å². The van der Waals surface area contributed by atoms with E-state index in [2.05, 4.69) is 10.3 Å². The number of amides is 1. The first-order valence-electron chi connectivity index (χ1n) is 7.49. The average molecular weight is 347 g/mol. The summed E-state index contributed by atoms with van der Waals surface area (Å²) in [5, 5.41) is 2.74. The monoisotopic (exact) mass is 347 g/mol. The lowest BCUT2D eigenvalue weighted by Crippen LogP contribution is -2.34. The Morgan fingerprint density at radius 1 is 1.20 bits per heavy atom. The first-order valence-corrected chi connectivity index (χ1v) is 7.49. The van der Waals surface area contributed by atoms with E-state index < -0.39 is 17.8 Å². The Bertz CT molecular complexity index is 994. The first kappa shape index (κ1) is 15.5. The number of hydrogen-bond donors (Lipinski definition) is 1. The number of imidazole rings is 1. The minimum absolute atomic E-state index is 0.255. The van der Waals surface area contributed by atoms with E-state index in [4.69, 9.17) is 4.74 Å². The van der Waals surface area contributed by atoms with Gasteiger partial charge in [-0.25, -0.2) is 4.98 Å². The molecule has 0 saturated carbocycles. The normalized spacial score (nSPS) is 17.1. The fraction of sp³-hybridized carbons (Fsp3) is 0.176. The van der Waals surface area contributed by atoms with Gasteiger partial charge in [-0.1, -0.05) is 0 Å². The molecule has 25 heavy (non-hydrogen) atoms. The summed E-state index contributed by atoms with van der Waals surface area (Å²) in [4.78, 5) is 16.0. The minimum Gasteiger partial charge on any atom is -0.479 e. The van der Waals surface area contributed by atoms with Crippen molar-refractivity contribution in [3.05, 3.63) is 48.3 Å². The number of ether oxygens (including phenoxy) is 1. The van der Waals surface area contributed by atoms with Gasteiger partial charge in [-0.2, -0.15) is 13.2 Å². The van der Waals surface area contributed by atoms with Crippen LogP contribution in [0.25, 0.3) is 16.9 Å². The van der Waals surface area contributed by atoms with Gasteiger partial charge in [0.1, 0.15) is 11.4 Å². The summed E-state index contributed by atoms with van der Waals surface area (Å²) in [6.07, 6.45) is -2.48. The molecule has 0 radical (unpaired) electrons. The molecule has 0 saturated heterocycles. The molecular formula is C17H12F3N3O2. The third kappa shape index (κ3) is 2.69. The Kier molecular flexibility index (Phi) is 3.24. The van der Waals surface area contributed by atoms with Gasteiger partial charge in [-0.3, -0.25) is 4.79 Å². The predicted molar refractivity (Wildman–Crippen MR) is 84.3 cm³/mol. The smallest absolute Gasteiger partial charge is 0.417 e. The number of alkyl halides is 3. The van der Waals surface area contributed by atoms with Gasteiger partial charge in [-0.05, 0) is 37.3 Å². The zero-order chi connectivity index (χ0) is 17.8. The van der Waals surface area contributed by atoms with Crippen LogP contribution in [0.15, 0.2) is 42.7 Å². The van der Waals surface area contributed by atoms with Crippen molar-refractivity contribution in [2.45, 2.75) is 19.2 Å². The van der Waals surface area contributed by atoms with Crippen molar-refractivity contribution >= 4 is 17.2 Å². The van der Waals surface area contributed by atoms with Crippen molar-refractivity contribution in [1.29, 1.82) is 0 Å². The molecule has 3 heterocycles. The molecule has 0 aliphatic carbocycles. The van der Waals surface area contributed by atoms with Crippen LogP contribution < -0.4 is 10.1 Å². The van der Waals surface area contributed by atoms with Crippen molar-refractivity contribution in [3.8, 4) is 17.0 Å². The number of benzene rings is 1. The second-order valence-electron chi connectivity index (χ2n) is 5.77. The van der Waals surface area contributed by atoms with Crippen LogP contribution in [0.2, 0.25) is 0 Å². The van der Waals surface area contributed by atoms with Crippen LogP contribution in [0.5, 0.6) is 5.75 Å². The van der Waals surface area contributed by atoms with Crippen LogP contribution in [0, 0.1) is 0 Å². The number of halogens is 3. The molecule has 1 amide bonds. The Balaban J connectivity index is 1.75. The van der Waals surface area contributed by atoms with Crippen molar-refractivity contribution < 1.29 is 22.7 Å². The maximum Gasteiger partial charge on any atom is 0.417 e. The summed E-state index contributed by atoms with van der Waals surface area (Å²) in [7, 11) is 0.